The van der Waals surface area contributed by atoms with Crippen molar-refractivity contribution in [2.24, 2.45) is 11.7 Å². The summed E-state index contributed by atoms with van der Waals surface area (Å²) < 4.78 is 1.95. The minimum atomic E-state index is 0.259. The molecule has 1 aromatic heterocycles. The molecule has 0 radical (unpaired) electrons. The number of nitrogens with zero attached hydrogens (tertiary/aromatic N) is 3. The van der Waals surface area contributed by atoms with Crippen molar-refractivity contribution in [2.45, 2.75) is 58.0 Å². The fourth-order valence-electron chi connectivity index (χ4n) is 2.65. The van der Waals surface area contributed by atoms with Crippen LogP contribution < -0.4 is 5.73 Å². The van der Waals surface area contributed by atoms with Crippen LogP contribution in [0.5, 0.6) is 0 Å². The molecule has 1 saturated carbocycles. The van der Waals surface area contributed by atoms with Crippen molar-refractivity contribution in [3.8, 4) is 0 Å². The van der Waals surface area contributed by atoms with Gasteiger partial charge in [-0.1, -0.05) is 19.3 Å². The molecule has 1 heterocycles. The topological polar surface area (TPSA) is 56.7 Å². The molecule has 1 aliphatic rings. The molecule has 90 valence electrons. The molecule has 0 aliphatic heterocycles. The molecule has 1 unspecified atom stereocenters. The molecule has 1 fully saturated rings. The second kappa shape index (κ2) is 5.43. The Morgan fingerprint density at radius 2 is 2.19 bits per heavy atom. The van der Waals surface area contributed by atoms with Gasteiger partial charge in [-0.2, -0.15) is 5.10 Å². The van der Waals surface area contributed by atoms with E-state index >= 15 is 0 Å². The van der Waals surface area contributed by atoms with Gasteiger partial charge in [0.15, 0.2) is 0 Å². The van der Waals surface area contributed by atoms with E-state index in [0.29, 0.717) is 5.92 Å². The van der Waals surface area contributed by atoms with Crippen molar-refractivity contribution < 1.29 is 0 Å². The largest absolute Gasteiger partial charge is 0.327 e. The molecule has 4 heteroatoms. The highest BCUT2D eigenvalue weighted by Gasteiger charge is 2.22. The zero-order chi connectivity index (χ0) is 11.4. The monoisotopic (exact) mass is 222 g/mol. The van der Waals surface area contributed by atoms with Crippen LogP contribution in [-0.4, -0.2) is 20.8 Å². The predicted octanol–water partition coefficient (Wildman–Crippen LogP) is 1.75. The maximum absolute atomic E-state index is 6.28. The third kappa shape index (κ3) is 2.61. The lowest BCUT2D eigenvalue weighted by atomic mass is 9.83. The van der Waals surface area contributed by atoms with Gasteiger partial charge < -0.3 is 5.73 Å². The fourth-order valence-corrected chi connectivity index (χ4v) is 2.65. The van der Waals surface area contributed by atoms with Gasteiger partial charge in [0.25, 0.3) is 0 Å². The first-order chi connectivity index (χ1) is 7.81. The Kier molecular flexibility index (Phi) is 3.93. The first kappa shape index (κ1) is 11.6. The first-order valence-corrected chi connectivity index (χ1v) is 6.43. The molecule has 2 N–H and O–H groups in total. The second-order valence-corrected chi connectivity index (χ2v) is 4.76. The van der Waals surface area contributed by atoms with Crippen molar-refractivity contribution >= 4 is 0 Å². The summed E-state index contributed by atoms with van der Waals surface area (Å²) in [4.78, 5) is 4.29. The Balaban J connectivity index is 1.93. The van der Waals surface area contributed by atoms with Crippen LogP contribution in [-0.2, 0) is 13.0 Å². The molecule has 2 rings (SSSR count). The Bertz CT molecular complexity index is 315. The van der Waals surface area contributed by atoms with E-state index in [9.17, 15) is 0 Å². The minimum Gasteiger partial charge on any atom is -0.327 e. The molecular weight excluding hydrogens is 200 g/mol. The highest BCUT2D eigenvalue weighted by atomic mass is 15.3. The Hall–Kier alpha value is -0.900. The van der Waals surface area contributed by atoms with Crippen LogP contribution in [0.3, 0.4) is 0 Å². The zero-order valence-electron chi connectivity index (χ0n) is 10.1. The maximum atomic E-state index is 6.28. The molecule has 1 aliphatic carbocycles. The van der Waals surface area contributed by atoms with Gasteiger partial charge in [-0.3, -0.25) is 4.68 Å². The normalized spacial score (nSPS) is 19.9. The lowest BCUT2D eigenvalue weighted by Gasteiger charge is -2.27. The van der Waals surface area contributed by atoms with Crippen molar-refractivity contribution in [1.29, 1.82) is 0 Å². The van der Waals surface area contributed by atoms with E-state index in [1.807, 2.05) is 4.68 Å². The molecule has 1 aromatic rings. The lowest BCUT2D eigenvalue weighted by Crippen LogP contribution is -2.34. The standard InChI is InChI=1S/C12H22N4/c1-2-16-12(14-9-15-16)8-11(13)10-6-4-3-5-7-10/h9-11H,2-8,13H2,1H3. The van der Waals surface area contributed by atoms with Crippen molar-refractivity contribution in [2.75, 3.05) is 0 Å². The average Bonchev–Trinajstić information content (AvgIpc) is 2.77. The first-order valence-electron chi connectivity index (χ1n) is 6.43. The van der Waals surface area contributed by atoms with Crippen LogP contribution in [0.15, 0.2) is 6.33 Å². The molecule has 16 heavy (non-hydrogen) atoms. The maximum Gasteiger partial charge on any atom is 0.138 e. The summed E-state index contributed by atoms with van der Waals surface area (Å²) in [6.07, 6.45) is 9.17. The second-order valence-electron chi connectivity index (χ2n) is 4.76. The summed E-state index contributed by atoms with van der Waals surface area (Å²) in [5.74, 6) is 1.73. The van der Waals surface area contributed by atoms with Gasteiger partial charge >= 0.3 is 0 Å². The van der Waals surface area contributed by atoms with Gasteiger partial charge in [0, 0.05) is 19.0 Å². The van der Waals surface area contributed by atoms with Gasteiger partial charge in [0.1, 0.15) is 12.2 Å². The van der Waals surface area contributed by atoms with Gasteiger partial charge in [0.2, 0.25) is 0 Å². The molecule has 4 nitrogen and oxygen atoms in total. The van der Waals surface area contributed by atoms with Crippen LogP contribution in [0.1, 0.15) is 44.9 Å². The highest BCUT2D eigenvalue weighted by Crippen LogP contribution is 2.26. The van der Waals surface area contributed by atoms with E-state index < -0.39 is 0 Å². The number of nitrogens with two attached hydrogens (primary N) is 1. The number of rotatable bonds is 4. The van der Waals surface area contributed by atoms with E-state index in [1.54, 1.807) is 6.33 Å². The summed E-state index contributed by atoms with van der Waals surface area (Å²) in [6.45, 7) is 2.97. The van der Waals surface area contributed by atoms with Crippen LogP contribution in [0.25, 0.3) is 0 Å². The quantitative estimate of drug-likeness (QED) is 0.844. The van der Waals surface area contributed by atoms with Gasteiger partial charge in [0.05, 0.1) is 0 Å². The number of aromatic nitrogens is 3. The van der Waals surface area contributed by atoms with Crippen LogP contribution in [0.2, 0.25) is 0 Å². The molecule has 0 aromatic carbocycles. The zero-order valence-corrected chi connectivity index (χ0v) is 10.1. The van der Waals surface area contributed by atoms with Crippen LogP contribution in [0.4, 0.5) is 0 Å². The summed E-state index contributed by atoms with van der Waals surface area (Å²) in [6, 6.07) is 0.259. The van der Waals surface area contributed by atoms with Gasteiger partial charge in [-0.05, 0) is 25.7 Å². The Labute approximate surface area is 97.2 Å². The predicted molar refractivity (Wildman–Crippen MR) is 64.0 cm³/mol. The molecule has 0 spiro atoms. The number of hydrogen-bond donors (Lipinski definition) is 1. The Morgan fingerprint density at radius 3 is 2.88 bits per heavy atom. The third-order valence-electron chi connectivity index (χ3n) is 3.67. The van der Waals surface area contributed by atoms with E-state index in [0.717, 1.165) is 18.8 Å². The molecule has 1 atom stereocenters. The average molecular weight is 222 g/mol. The van der Waals surface area contributed by atoms with Crippen molar-refractivity contribution in [1.82, 2.24) is 14.8 Å². The minimum absolute atomic E-state index is 0.259. The summed E-state index contributed by atoms with van der Waals surface area (Å²) in [5.41, 5.74) is 6.28. The van der Waals surface area contributed by atoms with Crippen LogP contribution >= 0.6 is 0 Å². The summed E-state index contributed by atoms with van der Waals surface area (Å²) in [5, 5.41) is 4.18. The highest BCUT2D eigenvalue weighted by molar-refractivity contribution is 4.91. The van der Waals surface area contributed by atoms with E-state index in [2.05, 4.69) is 17.0 Å². The molecule has 0 bridgehead atoms. The number of hydrogen-bond acceptors (Lipinski definition) is 3. The molecule has 0 amide bonds. The molecular formula is C12H22N4. The van der Waals surface area contributed by atoms with E-state index in [4.69, 9.17) is 5.73 Å². The Morgan fingerprint density at radius 1 is 1.44 bits per heavy atom. The smallest absolute Gasteiger partial charge is 0.138 e. The summed E-state index contributed by atoms with van der Waals surface area (Å²) >= 11 is 0. The van der Waals surface area contributed by atoms with Gasteiger partial charge in [-0.15, -0.1) is 0 Å². The van der Waals surface area contributed by atoms with Crippen molar-refractivity contribution in [3.05, 3.63) is 12.2 Å². The van der Waals surface area contributed by atoms with Crippen molar-refractivity contribution in [3.63, 3.8) is 0 Å². The van der Waals surface area contributed by atoms with Gasteiger partial charge in [-0.25, -0.2) is 4.98 Å². The summed E-state index contributed by atoms with van der Waals surface area (Å²) in [7, 11) is 0. The van der Waals surface area contributed by atoms with Crippen LogP contribution in [0, 0.1) is 5.92 Å². The SMILES string of the molecule is CCn1ncnc1CC(N)C1CCCCC1. The van der Waals surface area contributed by atoms with E-state index in [1.165, 1.54) is 32.1 Å². The van der Waals surface area contributed by atoms with E-state index in [-0.39, 0.29) is 6.04 Å². The lowest BCUT2D eigenvalue weighted by molar-refractivity contribution is 0.299. The fraction of sp³-hybridized carbons (Fsp3) is 0.833. The molecule has 0 saturated heterocycles. The third-order valence-corrected chi connectivity index (χ3v) is 3.67. The number of aryl methyl sites for hydroxylation is 1.